The van der Waals surface area contributed by atoms with Gasteiger partial charge in [-0.05, 0) is 44.0 Å². The van der Waals surface area contributed by atoms with Crippen LogP contribution in [0.5, 0.6) is 0 Å². The molecule has 0 saturated heterocycles. The molecule has 9 nitrogen and oxygen atoms in total. The van der Waals surface area contributed by atoms with Gasteiger partial charge in [0.25, 0.3) is 0 Å². The number of rotatable bonds is 5. The first kappa shape index (κ1) is 21.5. The fourth-order valence-corrected chi connectivity index (χ4v) is 4.82. The molecule has 1 aromatic carbocycles. The Bertz CT molecular complexity index is 1340. The largest absolute Gasteiger partial charge is 0.382 e. The van der Waals surface area contributed by atoms with Crippen LogP contribution in [0.4, 0.5) is 15.9 Å². The van der Waals surface area contributed by atoms with Crippen molar-refractivity contribution in [2.24, 2.45) is 0 Å². The van der Waals surface area contributed by atoms with Gasteiger partial charge in [-0.2, -0.15) is 0 Å². The standard InChI is InChI=1S/C23H25FN6O3/c1-12-15-6-8-30(21(15)27-11-26-12)22(31)23(32)7-5-17(19(23)33-2)28-14-4-3-13-9-16(24)20(25)29-18(13)10-14/h3-4,6,8-11,17,19,22,28,31-32H,5,7H2,1-2H3,(H2,25,29)/t17-,19+,22+,23+/m0/s1. The van der Waals surface area contributed by atoms with Crippen LogP contribution in [0.3, 0.4) is 0 Å². The highest BCUT2D eigenvalue weighted by atomic mass is 19.1. The molecule has 0 radical (unpaired) electrons. The summed E-state index contributed by atoms with van der Waals surface area (Å²) in [6.45, 7) is 1.86. The van der Waals surface area contributed by atoms with E-state index in [0.717, 1.165) is 16.8 Å². The molecule has 4 aromatic rings. The number of pyridine rings is 1. The predicted molar refractivity (Wildman–Crippen MR) is 122 cm³/mol. The average Bonchev–Trinajstić information content (AvgIpc) is 3.37. The highest BCUT2D eigenvalue weighted by Crippen LogP contribution is 2.41. The Morgan fingerprint density at radius 1 is 1.30 bits per heavy atom. The normalized spacial score (nSPS) is 23.9. The fraction of sp³-hybridized carbons (Fsp3) is 0.348. The quantitative estimate of drug-likeness (QED) is 0.363. The molecular weight excluding hydrogens is 427 g/mol. The Kier molecular flexibility index (Phi) is 5.15. The number of hydrogen-bond donors (Lipinski definition) is 4. The van der Waals surface area contributed by atoms with Gasteiger partial charge in [0.15, 0.2) is 17.9 Å². The van der Waals surface area contributed by atoms with Crippen LogP contribution in [0, 0.1) is 12.7 Å². The number of methoxy groups -OCH3 is 1. The summed E-state index contributed by atoms with van der Waals surface area (Å²) in [6.07, 6.45) is 2.00. The van der Waals surface area contributed by atoms with Crippen LogP contribution >= 0.6 is 0 Å². The average molecular weight is 452 g/mol. The van der Waals surface area contributed by atoms with Crippen molar-refractivity contribution in [3.05, 3.63) is 54.4 Å². The second-order valence-corrected chi connectivity index (χ2v) is 8.49. The minimum absolute atomic E-state index is 0.161. The van der Waals surface area contributed by atoms with Crippen molar-refractivity contribution in [1.29, 1.82) is 0 Å². The molecule has 0 aliphatic heterocycles. The number of nitrogens with zero attached hydrogens (tertiary/aromatic N) is 4. The number of halogens is 1. The predicted octanol–water partition coefficient (Wildman–Crippen LogP) is 2.52. The molecule has 5 rings (SSSR count). The lowest BCUT2D eigenvalue weighted by Gasteiger charge is -2.36. The lowest BCUT2D eigenvalue weighted by Crippen LogP contribution is -2.51. The van der Waals surface area contributed by atoms with E-state index in [0.29, 0.717) is 29.4 Å². The van der Waals surface area contributed by atoms with Crippen molar-refractivity contribution < 1.29 is 19.3 Å². The molecule has 33 heavy (non-hydrogen) atoms. The molecule has 4 atom stereocenters. The van der Waals surface area contributed by atoms with Gasteiger partial charge in [0.05, 0.1) is 17.3 Å². The second-order valence-electron chi connectivity index (χ2n) is 8.49. The summed E-state index contributed by atoms with van der Waals surface area (Å²) in [4.78, 5) is 12.6. The van der Waals surface area contributed by atoms with E-state index >= 15 is 0 Å². The van der Waals surface area contributed by atoms with Crippen LogP contribution in [0.25, 0.3) is 21.9 Å². The van der Waals surface area contributed by atoms with Crippen LogP contribution in [0.2, 0.25) is 0 Å². The summed E-state index contributed by atoms with van der Waals surface area (Å²) in [5, 5.41) is 27.6. The number of ether oxygens (including phenoxy) is 1. The Morgan fingerprint density at radius 3 is 2.91 bits per heavy atom. The Balaban J connectivity index is 1.43. The van der Waals surface area contributed by atoms with E-state index in [2.05, 4.69) is 20.3 Å². The molecule has 5 N–H and O–H groups in total. The van der Waals surface area contributed by atoms with Crippen molar-refractivity contribution in [3.63, 3.8) is 0 Å². The minimum atomic E-state index is -1.56. The highest BCUT2D eigenvalue weighted by molar-refractivity contribution is 5.83. The van der Waals surface area contributed by atoms with Crippen LogP contribution in [0.15, 0.2) is 42.9 Å². The maximum absolute atomic E-state index is 13.7. The van der Waals surface area contributed by atoms with Crippen LogP contribution in [0.1, 0.15) is 24.8 Å². The van der Waals surface area contributed by atoms with Gasteiger partial charge in [-0.15, -0.1) is 0 Å². The van der Waals surface area contributed by atoms with E-state index in [1.807, 2.05) is 13.0 Å². The monoisotopic (exact) mass is 452 g/mol. The Morgan fingerprint density at radius 2 is 2.12 bits per heavy atom. The van der Waals surface area contributed by atoms with Crippen LogP contribution in [-0.2, 0) is 4.74 Å². The number of fused-ring (bicyclic) bond motifs is 2. The Hall–Kier alpha value is -3.34. The zero-order valence-corrected chi connectivity index (χ0v) is 18.2. The minimum Gasteiger partial charge on any atom is -0.382 e. The fourth-order valence-electron chi connectivity index (χ4n) is 4.82. The summed E-state index contributed by atoms with van der Waals surface area (Å²) in [6, 6.07) is 8.20. The van der Waals surface area contributed by atoms with Gasteiger partial charge in [-0.3, -0.25) is 0 Å². The number of nitrogens with two attached hydrogens (primary N) is 1. The van der Waals surface area contributed by atoms with Gasteiger partial charge in [-0.1, -0.05) is 6.07 Å². The summed E-state index contributed by atoms with van der Waals surface area (Å²) in [5.41, 5.74) is 6.66. The first-order chi connectivity index (χ1) is 15.8. The third-order valence-corrected chi connectivity index (χ3v) is 6.54. The van der Waals surface area contributed by atoms with E-state index in [9.17, 15) is 14.6 Å². The van der Waals surface area contributed by atoms with Crippen molar-refractivity contribution in [2.75, 3.05) is 18.2 Å². The summed E-state index contributed by atoms with van der Waals surface area (Å²) in [5.74, 6) is -0.721. The molecule has 0 amide bonds. The molecule has 1 saturated carbocycles. The lowest BCUT2D eigenvalue weighted by atomic mass is 9.96. The first-order valence-electron chi connectivity index (χ1n) is 10.7. The number of benzene rings is 1. The first-order valence-corrected chi connectivity index (χ1v) is 10.7. The van der Waals surface area contributed by atoms with E-state index in [1.165, 1.54) is 19.5 Å². The van der Waals surface area contributed by atoms with Gasteiger partial charge < -0.3 is 30.6 Å². The van der Waals surface area contributed by atoms with Crippen molar-refractivity contribution >= 4 is 33.4 Å². The molecule has 10 heteroatoms. The summed E-state index contributed by atoms with van der Waals surface area (Å²) >= 11 is 0. The summed E-state index contributed by atoms with van der Waals surface area (Å²) in [7, 11) is 1.51. The van der Waals surface area contributed by atoms with E-state index in [-0.39, 0.29) is 11.9 Å². The number of aliphatic hydroxyl groups is 2. The number of anilines is 2. The van der Waals surface area contributed by atoms with Crippen molar-refractivity contribution in [1.82, 2.24) is 19.5 Å². The zero-order chi connectivity index (χ0) is 23.3. The maximum Gasteiger partial charge on any atom is 0.165 e. The van der Waals surface area contributed by atoms with Gasteiger partial charge in [0.1, 0.15) is 23.7 Å². The number of hydrogen-bond acceptors (Lipinski definition) is 8. The lowest BCUT2D eigenvalue weighted by molar-refractivity contribution is -0.167. The highest BCUT2D eigenvalue weighted by Gasteiger charge is 2.53. The topological polar surface area (TPSA) is 131 Å². The van der Waals surface area contributed by atoms with Crippen LogP contribution in [-0.4, -0.2) is 54.6 Å². The van der Waals surface area contributed by atoms with E-state index in [4.69, 9.17) is 10.5 Å². The number of aromatic nitrogens is 4. The van der Waals surface area contributed by atoms with Gasteiger partial charge in [0.2, 0.25) is 0 Å². The number of aliphatic hydroxyl groups excluding tert-OH is 1. The van der Waals surface area contributed by atoms with Crippen molar-refractivity contribution in [3.8, 4) is 0 Å². The van der Waals surface area contributed by atoms with Gasteiger partial charge in [0, 0.05) is 29.8 Å². The smallest absolute Gasteiger partial charge is 0.165 e. The zero-order valence-electron chi connectivity index (χ0n) is 18.2. The molecule has 3 heterocycles. The molecule has 0 unspecified atom stereocenters. The molecule has 172 valence electrons. The second kappa shape index (κ2) is 7.91. The van der Waals surface area contributed by atoms with Gasteiger partial charge >= 0.3 is 0 Å². The molecule has 1 aliphatic carbocycles. The molecule has 1 fully saturated rings. The van der Waals surface area contributed by atoms with E-state index in [1.54, 1.807) is 29.0 Å². The van der Waals surface area contributed by atoms with E-state index < -0.39 is 23.8 Å². The maximum atomic E-state index is 13.7. The number of aryl methyl sites for hydroxylation is 1. The van der Waals surface area contributed by atoms with Crippen LogP contribution < -0.4 is 11.1 Å². The third kappa shape index (κ3) is 3.47. The SMILES string of the molecule is CO[C@@H]1[C@@H](Nc2ccc3cc(F)c(N)nc3c2)CC[C@]1(O)[C@@H](O)n1ccc2c(C)ncnc21. The molecule has 0 bridgehead atoms. The summed E-state index contributed by atoms with van der Waals surface area (Å²) < 4.78 is 20.9. The molecule has 3 aromatic heterocycles. The molecule has 0 spiro atoms. The molecular formula is C23H25FN6O3. The third-order valence-electron chi connectivity index (χ3n) is 6.54. The van der Waals surface area contributed by atoms with Gasteiger partial charge in [-0.25, -0.2) is 19.3 Å². The number of nitrogens with one attached hydrogen (secondary N) is 1. The van der Waals surface area contributed by atoms with Crippen molar-refractivity contribution in [2.45, 2.75) is 43.7 Å². The molecule has 1 aliphatic rings. The number of nitrogen functional groups attached to an aromatic ring is 1. The Labute approximate surface area is 189 Å².